The minimum atomic E-state index is 0.409. The van der Waals surface area contributed by atoms with Crippen molar-refractivity contribution in [3.05, 3.63) is 12.2 Å². The van der Waals surface area contributed by atoms with Crippen LogP contribution in [-0.2, 0) is 17.9 Å². The van der Waals surface area contributed by atoms with Gasteiger partial charge in [-0.3, -0.25) is 9.69 Å². The summed E-state index contributed by atoms with van der Waals surface area (Å²) in [5, 5.41) is 7.98. The molecule has 0 spiro atoms. The van der Waals surface area contributed by atoms with E-state index in [1.54, 1.807) is 6.33 Å². The normalized spacial score (nSPS) is 26.9. The summed E-state index contributed by atoms with van der Waals surface area (Å²) in [6.45, 7) is 2.81. The number of carbonyl (C=O) groups excluding carboxylic acids is 1. The molecular formula is C10H14N4O. The molecule has 5 heteroatoms. The van der Waals surface area contributed by atoms with E-state index in [1.807, 2.05) is 0 Å². The van der Waals surface area contributed by atoms with Gasteiger partial charge in [-0.05, 0) is 6.42 Å². The molecule has 0 radical (unpaired) electrons. The average Bonchev–Trinajstić information content (AvgIpc) is 2.84. The highest BCUT2D eigenvalue weighted by molar-refractivity contribution is 5.81. The Morgan fingerprint density at radius 1 is 1.40 bits per heavy atom. The zero-order valence-corrected chi connectivity index (χ0v) is 8.59. The molecule has 0 saturated heterocycles. The molecule has 0 bridgehead atoms. The minimum Gasteiger partial charge on any atom is -0.315 e. The number of ketones is 1. The van der Waals surface area contributed by atoms with Crippen LogP contribution in [0.3, 0.4) is 0 Å². The first-order chi connectivity index (χ1) is 7.33. The fourth-order valence-electron chi connectivity index (χ4n) is 2.50. The van der Waals surface area contributed by atoms with Crippen LogP contribution in [0, 0.1) is 0 Å². The van der Waals surface area contributed by atoms with Crippen LogP contribution >= 0.6 is 0 Å². The predicted molar refractivity (Wildman–Crippen MR) is 53.1 cm³/mol. The van der Waals surface area contributed by atoms with Gasteiger partial charge in [0.05, 0.1) is 6.54 Å². The molecule has 3 rings (SSSR count). The Balaban J connectivity index is 1.73. The van der Waals surface area contributed by atoms with E-state index in [0.29, 0.717) is 11.8 Å². The molecule has 1 aromatic heterocycles. The van der Waals surface area contributed by atoms with Crippen molar-refractivity contribution in [2.24, 2.45) is 0 Å². The Morgan fingerprint density at radius 3 is 3.13 bits per heavy atom. The SMILES string of the molecule is O=C1CCC(N2CCn3cnnc3C2)C1. The van der Waals surface area contributed by atoms with E-state index in [9.17, 15) is 4.79 Å². The van der Waals surface area contributed by atoms with Crippen LogP contribution in [-0.4, -0.2) is 38.0 Å². The number of nitrogens with zero attached hydrogens (tertiary/aromatic N) is 4. The molecule has 5 nitrogen and oxygen atoms in total. The summed E-state index contributed by atoms with van der Waals surface area (Å²) in [7, 11) is 0. The second-order valence-corrected chi connectivity index (χ2v) is 4.35. The van der Waals surface area contributed by atoms with E-state index in [-0.39, 0.29) is 0 Å². The van der Waals surface area contributed by atoms with E-state index in [0.717, 1.165) is 44.7 Å². The van der Waals surface area contributed by atoms with Gasteiger partial charge >= 0.3 is 0 Å². The summed E-state index contributed by atoms with van der Waals surface area (Å²) in [6, 6.07) is 0.447. The molecule has 1 fully saturated rings. The standard InChI is InChI=1S/C10H14N4O/c15-9-2-1-8(5-9)13-3-4-14-7-11-12-10(14)6-13/h7-8H,1-6H2. The topological polar surface area (TPSA) is 51.0 Å². The van der Waals surface area contributed by atoms with E-state index in [2.05, 4.69) is 19.7 Å². The van der Waals surface area contributed by atoms with Crippen molar-refractivity contribution in [2.75, 3.05) is 6.54 Å². The van der Waals surface area contributed by atoms with E-state index < -0.39 is 0 Å². The molecule has 15 heavy (non-hydrogen) atoms. The van der Waals surface area contributed by atoms with Crippen LogP contribution in [0.5, 0.6) is 0 Å². The highest BCUT2D eigenvalue weighted by Gasteiger charge is 2.30. The van der Waals surface area contributed by atoms with Gasteiger partial charge < -0.3 is 4.57 Å². The van der Waals surface area contributed by atoms with Gasteiger partial charge in [0.25, 0.3) is 0 Å². The first kappa shape index (κ1) is 9.03. The van der Waals surface area contributed by atoms with Crippen molar-refractivity contribution >= 4 is 5.78 Å². The van der Waals surface area contributed by atoms with Gasteiger partial charge in [-0.25, -0.2) is 0 Å². The molecule has 0 aromatic carbocycles. The lowest BCUT2D eigenvalue weighted by molar-refractivity contribution is -0.117. The maximum atomic E-state index is 11.2. The van der Waals surface area contributed by atoms with Crippen molar-refractivity contribution in [3.8, 4) is 0 Å². The number of rotatable bonds is 1. The highest BCUT2D eigenvalue weighted by atomic mass is 16.1. The Labute approximate surface area is 88.1 Å². The lowest BCUT2D eigenvalue weighted by atomic mass is 10.2. The average molecular weight is 206 g/mol. The van der Waals surface area contributed by atoms with Gasteiger partial charge in [0.2, 0.25) is 0 Å². The zero-order chi connectivity index (χ0) is 10.3. The molecule has 1 aliphatic heterocycles. The second kappa shape index (κ2) is 3.41. The van der Waals surface area contributed by atoms with Crippen LogP contribution in [0.1, 0.15) is 25.1 Å². The number of hydrogen-bond donors (Lipinski definition) is 0. The minimum absolute atomic E-state index is 0.409. The van der Waals surface area contributed by atoms with Crippen molar-refractivity contribution in [2.45, 2.75) is 38.4 Å². The van der Waals surface area contributed by atoms with Gasteiger partial charge in [0.15, 0.2) is 0 Å². The Bertz CT molecular complexity index is 387. The first-order valence-corrected chi connectivity index (χ1v) is 5.45. The monoisotopic (exact) mass is 206 g/mol. The number of carbonyl (C=O) groups is 1. The molecule has 0 amide bonds. The van der Waals surface area contributed by atoms with E-state index >= 15 is 0 Å². The lowest BCUT2D eigenvalue weighted by Crippen LogP contribution is -2.40. The van der Waals surface area contributed by atoms with Crippen molar-refractivity contribution in [1.29, 1.82) is 0 Å². The Morgan fingerprint density at radius 2 is 2.33 bits per heavy atom. The summed E-state index contributed by atoms with van der Waals surface area (Å²) in [5.41, 5.74) is 0. The molecule has 1 aromatic rings. The molecule has 2 aliphatic rings. The fraction of sp³-hybridized carbons (Fsp3) is 0.700. The molecule has 1 aliphatic carbocycles. The highest BCUT2D eigenvalue weighted by Crippen LogP contribution is 2.23. The van der Waals surface area contributed by atoms with Crippen LogP contribution in [0.15, 0.2) is 6.33 Å². The van der Waals surface area contributed by atoms with Crippen LogP contribution in [0.2, 0.25) is 0 Å². The maximum Gasteiger partial charge on any atom is 0.147 e. The largest absolute Gasteiger partial charge is 0.315 e. The molecule has 1 saturated carbocycles. The van der Waals surface area contributed by atoms with Gasteiger partial charge in [-0.1, -0.05) is 0 Å². The van der Waals surface area contributed by atoms with Crippen molar-refractivity contribution in [3.63, 3.8) is 0 Å². The van der Waals surface area contributed by atoms with Gasteiger partial charge in [-0.15, -0.1) is 10.2 Å². The molecule has 1 unspecified atom stereocenters. The Hall–Kier alpha value is -1.23. The summed E-state index contributed by atoms with van der Waals surface area (Å²) in [5.74, 6) is 1.44. The van der Waals surface area contributed by atoms with Crippen LogP contribution in [0.4, 0.5) is 0 Å². The molecule has 2 heterocycles. The zero-order valence-electron chi connectivity index (χ0n) is 8.59. The second-order valence-electron chi connectivity index (χ2n) is 4.35. The fourth-order valence-corrected chi connectivity index (χ4v) is 2.50. The van der Waals surface area contributed by atoms with Crippen LogP contribution < -0.4 is 0 Å². The quantitative estimate of drug-likeness (QED) is 0.659. The summed E-state index contributed by atoms with van der Waals surface area (Å²) in [6.07, 6.45) is 4.29. The summed E-state index contributed by atoms with van der Waals surface area (Å²) in [4.78, 5) is 13.6. The molecule has 1 atom stereocenters. The molecule has 80 valence electrons. The predicted octanol–water partition coefficient (Wildman–Crippen LogP) is 0.215. The maximum absolute atomic E-state index is 11.2. The van der Waals surface area contributed by atoms with Gasteiger partial charge in [0.1, 0.15) is 17.9 Å². The lowest BCUT2D eigenvalue weighted by Gasteiger charge is -2.31. The third kappa shape index (κ3) is 1.56. The van der Waals surface area contributed by atoms with Gasteiger partial charge in [0, 0.05) is 32.0 Å². The smallest absolute Gasteiger partial charge is 0.147 e. The van der Waals surface area contributed by atoms with E-state index in [4.69, 9.17) is 0 Å². The van der Waals surface area contributed by atoms with Gasteiger partial charge in [-0.2, -0.15) is 0 Å². The van der Waals surface area contributed by atoms with Crippen molar-refractivity contribution < 1.29 is 4.79 Å². The van der Waals surface area contributed by atoms with Crippen molar-refractivity contribution in [1.82, 2.24) is 19.7 Å². The summed E-state index contributed by atoms with van der Waals surface area (Å²) >= 11 is 0. The number of Topliss-reactive ketones (excluding diaryl/α,β-unsaturated/α-hetero) is 1. The first-order valence-electron chi connectivity index (χ1n) is 5.45. The molecule has 0 N–H and O–H groups in total. The summed E-state index contributed by atoms with van der Waals surface area (Å²) < 4.78 is 2.09. The number of hydrogen-bond acceptors (Lipinski definition) is 4. The third-order valence-electron chi connectivity index (χ3n) is 3.40. The van der Waals surface area contributed by atoms with E-state index in [1.165, 1.54) is 0 Å². The number of fused-ring (bicyclic) bond motifs is 1. The Kier molecular flexibility index (Phi) is 2.05. The molecular weight excluding hydrogens is 192 g/mol. The van der Waals surface area contributed by atoms with Crippen LogP contribution in [0.25, 0.3) is 0 Å². The third-order valence-corrected chi connectivity index (χ3v) is 3.40. The number of aromatic nitrogens is 3.